The molecule has 0 unspecified atom stereocenters. The highest BCUT2D eigenvalue weighted by Crippen LogP contribution is 2.29. The highest BCUT2D eigenvalue weighted by atomic mass is 32.2. The molecule has 2 rings (SSSR count). The van der Waals surface area contributed by atoms with Gasteiger partial charge in [0.25, 0.3) is 0 Å². The van der Waals surface area contributed by atoms with Crippen molar-refractivity contribution in [1.82, 2.24) is 10.3 Å². The van der Waals surface area contributed by atoms with Crippen LogP contribution in [0.2, 0.25) is 0 Å². The number of hydrogen-bond acceptors (Lipinski definition) is 4. The van der Waals surface area contributed by atoms with E-state index in [0.29, 0.717) is 0 Å². The van der Waals surface area contributed by atoms with Crippen LogP contribution in [0.15, 0.2) is 5.38 Å². The summed E-state index contributed by atoms with van der Waals surface area (Å²) in [5.41, 5.74) is 1.25. The highest BCUT2D eigenvalue weighted by Gasteiger charge is 2.26. The fourth-order valence-corrected chi connectivity index (χ4v) is 4.36. The van der Waals surface area contributed by atoms with Crippen molar-refractivity contribution in [3.8, 4) is 0 Å². The van der Waals surface area contributed by atoms with Crippen LogP contribution in [0.3, 0.4) is 0 Å². The number of nitrogens with zero attached hydrogens (tertiary/aromatic N) is 1. The first-order chi connectivity index (χ1) is 8.29. The third-order valence-electron chi connectivity index (χ3n) is 3.29. The molecule has 1 N–H and O–H groups in total. The minimum atomic E-state index is 0.736. The maximum Gasteiger partial charge on any atom is 0.0897 e. The fourth-order valence-electron chi connectivity index (χ4n) is 2.48. The van der Waals surface area contributed by atoms with Gasteiger partial charge in [-0.3, -0.25) is 0 Å². The van der Waals surface area contributed by atoms with Gasteiger partial charge in [0.2, 0.25) is 0 Å². The average Bonchev–Trinajstić information content (AvgIpc) is 2.90. The quantitative estimate of drug-likeness (QED) is 0.859. The highest BCUT2D eigenvalue weighted by molar-refractivity contribution is 7.99. The molecule has 2 atom stereocenters. The number of hydrogen-bond donors (Lipinski definition) is 1. The van der Waals surface area contributed by atoms with Crippen LogP contribution in [-0.2, 0) is 6.42 Å². The average molecular weight is 270 g/mol. The van der Waals surface area contributed by atoms with Crippen LogP contribution >= 0.6 is 23.1 Å². The standard InChI is InChI=1S/C13H22N2S2/c1-3-16-13-6-4-5-12(13)14-8-7-11-9-17-10(2)15-11/h9,12-14H,3-8H2,1-2H3/t12-,13-/m0/s1. The number of aryl methyl sites for hydroxylation is 1. The largest absolute Gasteiger partial charge is 0.312 e. The van der Waals surface area contributed by atoms with E-state index in [1.165, 1.54) is 35.7 Å². The Morgan fingerprint density at radius 1 is 1.53 bits per heavy atom. The molecular formula is C13H22N2S2. The van der Waals surface area contributed by atoms with E-state index < -0.39 is 0 Å². The Labute approximate surface area is 113 Å². The summed E-state index contributed by atoms with van der Waals surface area (Å²) in [4.78, 5) is 4.50. The van der Waals surface area contributed by atoms with Gasteiger partial charge >= 0.3 is 0 Å². The molecule has 1 fully saturated rings. The fraction of sp³-hybridized carbons (Fsp3) is 0.769. The molecule has 2 nitrogen and oxygen atoms in total. The van der Waals surface area contributed by atoms with E-state index in [1.54, 1.807) is 11.3 Å². The second-order valence-electron chi connectivity index (χ2n) is 4.59. The van der Waals surface area contributed by atoms with Gasteiger partial charge in [-0.15, -0.1) is 11.3 Å². The number of aromatic nitrogens is 1. The van der Waals surface area contributed by atoms with Crippen LogP contribution in [0.1, 0.15) is 36.9 Å². The van der Waals surface area contributed by atoms with Crippen molar-refractivity contribution in [1.29, 1.82) is 0 Å². The lowest BCUT2D eigenvalue weighted by Crippen LogP contribution is -2.35. The van der Waals surface area contributed by atoms with Crippen LogP contribution in [0.5, 0.6) is 0 Å². The van der Waals surface area contributed by atoms with Gasteiger partial charge in [0.15, 0.2) is 0 Å². The van der Waals surface area contributed by atoms with Gasteiger partial charge in [0.05, 0.1) is 10.7 Å². The lowest BCUT2D eigenvalue weighted by Gasteiger charge is -2.19. The van der Waals surface area contributed by atoms with Crippen molar-refractivity contribution in [2.75, 3.05) is 12.3 Å². The van der Waals surface area contributed by atoms with Gasteiger partial charge in [-0.05, 0) is 25.5 Å². The Morgan fingerprint density at radius 3 is 3.12 bits per heavy atom. The van der Waals surface area contributed by atoms with E-state index in [4.69, 9.17) is 0 Å². The zero-order chi connectivity index (χ0) is 12.1. The van der Waals surface area contributed by atoms with E-state index in [-0.39, 0.29) is 0 Å². The molecule has 1 saturated carbocycles. The molecule has 17 heavy (non-hydrogen) atoms. The van der Waals surface area contributed by atoms with Crippen LogP contribution in [0.4, 0.5) is 0 Å². The van der Waals surface area contributed by atoms with E-state index in [1.807, 2.05) is 0 Å². The first-order valence-corrected chi connectivity index (χ1v) is 8.48. The zero-order valence-electron chi connectivity index (χ0n) is 10.7. The first-order valence-electron chi connectivity index (χ1n) is 6.55. The molecule has 0 aromatic carbocycles. The normalized spacial score (nSPS) is 24.4. The summed E-state index contributed by atoms with van der Waals surface area (Å²) in [7, 11) is 0. The number of thioether (sulfide) groups is 1. The topological polar surface area (TPSA) is 24.9 Å². The SMILES string of the molecule is CCS[C@H]1CCC[C@@H]1NCCc1csc(C)n1. The Bertz CT molecular complexity index is 338. The van der Waals surface area contributed by atoms with Crippen LogP contribution in [0, 0.1) is 6.92 Å². The Morgan fingerprint density at radius 2 is 2.41 bits per heavy atom. The molecule has 1 aliphatic carbocycles. The van der Waals surface area contributed by atoms with Gasteiger partial charge in [0, 0.05) is 29.6 Å². The summed E-state index contributed by atoms with van der Waals surface area (Å²) in [6, 6.07) is 0.736. The lowest BCUT2D eigenvalue weighted by atomic mass is 10.2. The smallest absolute Gasteiger partial charge is 0.0897 e. The van der Waals surface area contributed by atoms with Crippen molar-refractivity contribution in [3.05, 3.63) is 16.1 Å². The summed E-state index contributed by atoms with van der Waals surface area (Å²) >= 11 is 3.87. The molecule has 0 saturated heterocycles. The van der Waals surface area contributed by atoms with Crippen LogP contribution in [-0.4, -0.2) is 28.6 Å². The molecule has 1 aromatic heterocycles. The predicted molar refractivity (Wildman–Crippen MR) is 78.1 cm³/mol. The molecule has 1 heterocycles. The summed E-state index contributed by atoms with van der Waals surface area (Å²) in [5.74, 6) is 1.24. The van der Waals surface area contributed by atoms with Crippen molar-refractivity contribution in [2.24, 2.45) is 0 Å². The lowest BCUT2D eigenvalue weighted by molar-refractivity contribution is 0.534. The third-order valence-corrected chi connectivity index (χ3v) is 5.44. The molecular weight excluding hydrogens is 248 g/mol. The molecule has 96 valence electrons. The van der Waals surface area contributed by atoms with Gasteiger partial charge in [-0.25, -0.2) is 4.98 Å². The predicted octanol–water partition coefficient (Wildman–Crippen LogP) is 3.26. The second kappa shape index (κ2) is 6.76. The Kier molecular flexibility index (Phi) is 5.32. The van der Waals surface area contributed by atoms with Crippen LogP contribution < -0.4 is 5.32 Å². The minimum Gasteiger partial charge on any atom is -0.312 e. The second-order valence-corrected chi connectivity index (χ2v) is 7.17. The minimum absolute atomic E-state index is 0.736. The molecule has 0 radical (unpaired) electrons. The van der Waals surface area contributed by atoms with E-state index in [0.717, 1.165) is 24.3 Å². The molecule has 0 aliphatic heterocycles. The van der Waals surface area contributed by atoms with E-state index in [9.17, 15) is 0 Å². The van der Waals surface area contributed by atoms with Crippen molar-refractivity contribution in [3.63, 3.8) is 0 Å². The van der Waals surface area contributed by atoms with Crippen molar-refractivity contribution in [2.45, 2.75) is 50.8 Å². The van der Waals surface area contributed by atoms with Crippen molar-refractivity contribution >= 4 is 23.1 Å². The number of thiazole rings is 1. The van der Waals surface area contributed by atoms with Gasteiger partial charge < -0.3 is 5.32 Å². The van der Waals surface area contributed by atoms with Gasteiger partial charge in [-0.1, -0.05) is 13.3 Å². The summed E-state index contributed by atoms with van der Waals surface area (Å²) in [6.07, 6.45) is 5.22. The first kappa shape index (κ1) is 13.4. The molecule has 0 bridgehead atoms. The maximum atomic E-state index is 4.50. The summed E-state index contributed by atoms with van der Waals surface area (Å²) in [5, 5.41) is 7.93. The maximum absolute atomic E-state index is 4.50. The Balaban J connectivity index is 1.70. The molecule has 0 amide bonds. The summed E-state index contributed by atoms with van der Waals surface area (Å²) in [6.45, 7) is 5.42. The van der Waals surface area contributed by atoms with E-state index >= 15 is 0 Å². The van der Waals surface area contributed by atoms with Gasteiger partial charge in [-0.2, -0.15) is 11.8 Å². The van der Waals surface area contributed by atoms with E-state index in [2.05, 4.69) is 41.3 Å². The molecule has 4 heteroatoms. The van der Waals surface area contributed by atoms with Gasteiger partial charge in [0.1, 0.15) is 0 Å². The zero-order valence-corrected chi connectivity index (χ0v) is 12.4. The third kappa shape index (κ3) is 3.97. The monoisotopic (exact) mass is 270 g/mol. The Hall–Kier alpha value is -0.0600. The number of rotatable bonds is 6. The van der Waals surface area contributed by atoms with Crippen LogP contribution in [0.25, 0.3) is 0 Å². The van der Waals surface area contributed by atoms with Crippen molar-refractivity contribution < 1.29 is 0 Å². The summed E-state index contributed by atoms with van der Waals surface area (Å²) < 4.78 is 0. The molecule has 1 aliphatic rings. The number of nitrogens with one attached hydrogen (secondary N) is 1. The molecule has 1 aromatic rings. The molecule has 0 spiro atoms.